The highest BCUT2D eigenvalue weighted by molar-refractivity contribution is 14.0. The molecule has 2 heterocycles. The van der Waals surface area contributed by atoms with E-state index in [9.17, 15) is 0 Å². The zero-order valence-electron chi connectivity index (χ0n) is 17.9. The first-order chi connectivity index (χ1) is 13.6. The van der Waals surface area contributed by atoms with E-state index in [1.807, 2.05) is 24.6 Å². The monoisotopic (exact) mass is 511 g/mol. The Morgan fingerprint density at radius 3 is 2.69 bits per heavy atom. The molecule has 29 heavy (non-hydrogen) atoms. The van der Waals surface area contributed by atoms with Crippen molar-refractivity contribution in [3.8, 4) is 0 Å². The summed E-state index contributed by atoms with van der Waals surface area (Å²) in [6.45, 7) is 10.0. The van der Waals surface area contributed by atoms with Gasteiger partial charge < -0.3 is 15.2 Å². The third-order valence-corrected chi connectivity index (χ3v) is 5.62. The van der Waals surface area contributed by atoms with Gasteiger partial charge in [0.05, 0.1) is 6.04 Å². The van der Waals surface area contributed by atoms with Crippen LogP contribution in [0, 0.1) is 6.92 Å². The lowest BCUT2D eigenvalue weighted by Gasteiger charge is -2.25. The molecule has 160 valence electrons. The maximum absolute atomic E-state index is 4.80. The highest BCUT2D eigenvalue weighted by atomic mass is 127. The van der Waals surface area contributed by atoms with Gasteiger partial charge in [0.15, 0.2) is 11.8 Å². The van der Waals surface area contributed by atoms with Gasteiger partial charge >= 0.3 is 0 Å². The van der Waals surface area contributed by atoms with Crippen LogP contribution in [0.4, 0.5) is 0 Å². The number of hydrogen-bond donors (Lipinski definition) is 2. The highest BCUT2D eigenvalue weighted by Crippen LogP contribution is 2.16. The minimum Gasteiger partial charge on any atom is -0.355 e. The lowest BCUT2D eigenvalue weighted by atomic mass is 10.1. The van der Waals surface area contributed by atoms with Gasteiger partial charge in [-0.3, -0.25) is 4.90 Å². The number of aromatic nitrogens is 3. The molecule has 2 N–H and O–H groups in total. The van der Waals surface area contributed by atoms with E-state index in [1.54, 1.807) is 0 Å². The Hall–Kier alpha value is -1.68. The van der Waals surface area contributed by atoms with E-state index in [4.69, 9.17) is 4.99 Å². The Balaban J connectivity index is 0.00000300. The van der Waals surface area contributed by atoms with Gasteiger partial charge in [0.1, 0.15) is 12.4 Å². The van der Waals surface area contributed by atoms with E-state index < -0.39 is 0 Å². The highest BCUT2D eigenvalue weighted by Gasteiger charge is 2.23. The van der Waals surface area contributed by atoms with Crippen LogP contribution in [0.3, 0.4) is 0 Å². The lowest BCUT2D eigenvalue weighted by Crippen LogP contribution is -2.45. The van der Waals surface area contributed by atoms with E-state index >= 15 is 0 Å². The Labute approximate surface area is 191 Å². The summed E-state index contributed by atoms with van der Waals surface area (Å²) in [7, 11) is 1.98. The molecule has 1 aromatic heterocycles. The van der Waals surface area contributed by atoms with Crippen LogP contribution in [0.25, 0.3) is 0 Å². The molecule has 1 aliphatic rings. The maximum Gasteiger partial charge on any atom is 0.192 e. The SMILES string of the molecule is CCN1CCCC1CNC(=NCc1nnc(C)n1C)NC(C)c1ccccc1.I. The number of likely N-dealkylation sites (tertiary alicyclic amines) is 1. The quantitative estimate of drug-likeness (QED) is 0.340. The number of nitrogens with one attached hydrogen (secondary N) is 2. The summed E-state index contributed by atoms with van der Waals surface area (Å²) in [6.07, 6.45) is 2.52. The van der Waals surface area contributed by atoms with Gasteiger partial charge in [-0.05, 0) is 45.3 Å². The fourth-order valence-corrected chi connectivity index (χ4v) is 3.68. The second kappa shape index (κ2) is 11.5. The minimum atomic E-state index is 0. The van der Waals surface area contributed by atoms with Crippen LogP contribution in [0.1, 0.15) is 49.9 Å². The first kappa shape index (κ1) is 23.6. The molecule has 2 unspecified atom stereocenters. The zero-order valence-corrected chi connectivity index (χ0v) is 20.3. The largest absolute Gasteiger partial charge is 0.355 e. The second-order valence-corrected chi connectivity index (χ2v) is 7.47. The van der Waals surface area contributed by atoms with Crippen molar-refractivity contribution in [2.24, 2.45) is 12.0 Å². The summed E-state index contributed by atoms with van der Waals surface area (Å²) in [5, 5.41) is 15.5. The number of likely N-dealkylation sites (N-methyl/N-ethyl adjacent to an activating group) is 1. The molecule has 0 amide bonds. The molecule has 1 aromatic carbocycles. The number of aryl methyl sites for hydroxylation is 1. The van der Waals surface area contributed by atoms with Gasteiger partial charge in [-0.2, -0.15) is 0 Å². The lowest BCUT2D eigenvalue weighted by molar-refractivity contribution is 0.267. The first-order valence-electron chi connectivity index (χ1n) is 10.3. The average molecular weight is 511 g/mol. The van der Waals surface area contributed by atoms with Crippen LogP contribution in [0.2, 0.25) is 0 Å². The van der Waals surface area contributed by atoms with Crippen molar-refractivity contribution < 1.29 is 0 Å². The summed E-state index contributed by atoms with van der Waals surface area (Å²) in [5.74, 6) is 2.58. The van der Waals surface area contributed by atoms with Crippen LogP contribution in [0.15, 0.2) is 35.3 Å². The molecule has 2 atom stereocenters. The molecular weight excluding hydrogens is 477 g/mol. The Bertz CT molecular complexity index is 775. The number of nitrogens with zero attached hydrogens (tertiary/aromatic N) is 5. The predicted molar refractivity (Wildman–Crippen MR) is 129 cm³/mol. The minimum absolute atomic E-state index is 0. The molecule has 2 aromatic rings. The van der Waals surface area contributed by atoms with Crippen molar-refractivity contribution in [1.82, 2.24) is 30.3 Å². The van der Waals surface area contributed by atoms with Crippen LogP contribution < -0.4 is 10.6 Å². The topological polar surface area (TPSA) is 70.4 Å². The van der Waals surface area contributed by atoms with Crippen molar-refractivity contribution in [2.75, 3.05) is 19.6 Å². The number of rotatable bonds is 7. The Kier molecular flexibility index (Phi) is 9.35. The van der Waals surface area contributed by atoms with Crippen LogP contribution in [-0.2, 0) is 13.6 Å². The predicted octanol–water partition coefficient (Wildman–Crippen LogP) is 3.02. The van der Waals surface area contributed by atoms with Crippen molar-refractivity contribution in [3.63, 3.8) is 0 Å². The van der Waals surface area contributed by atoms with Gasteiger partial charge in [-0.1, -0.05) is 37.3 Å². The van der Waals surface area contributed by atoms with Gasteiger partial charge in [-0.25, -0.2) is 4.99 Å². The number of benzene rings is 1. The van der Waals surface area contributed by atoms with E-state index in [0.29, 0.717) is 12.6 Å². The van der Waals surface area contributed by atoms with Crippen LogP contribution in [-0.4, -0.2) is 51.3 Å². The summed E-state index contributed by atoms with van der Waals surface area (Å²) in [4.78, 5) is 7.34. The van der Waals surface area contributed by atoms with E-state index in [2.05, 4.69) is 63.8 Å². The molecule has 1 aliphatic heterocycles. The molecule has 0 radical (unpaired) electrons. The molecule has 0 spiro atoms. The van der Waals surface area contributed by atoms with E-state index in [0.717, 1.165) is 30.7 Å². The summed E-state index contributed by atoms with van der Waals surface area (Å²) in [5.41, 5.74) is 1.24. The van der Waals surface area contributed by atoms with Gasteiger partial charge in [0.2, 0.25) is 0 Å². The van der Waals surface area contributed by atoms with Crippen molar-refractivity contribution in [1.29, 1.82) is 0 Å². The number of hydrogen-bond acceptors (Lipinski definition) is 4. The normalized spacial score (nSPS) is 18.3. The van der Waals surface area contributed by atoms with Crippen molar-refractivity contribution >= 4 is 29.9 Å². The first-order valence-corrected chi connectivity index (χ1v) is 10.3. The summed E-state index contributed by atoms with van der Waals surface area (Å²) >= 11 is 0. The molecule has 1 fully saturated rings. The van der Waals surface area contributed by atoms with E-state index in [1.165, 1.54) is 24.9 Å². The summed E-state index contributed by atoms with van der Waals surface area (Å²) in [6, 6.07) is 11.2. The molecule has 3 rings (SSSR count). The third-order valence-electron chi connectivity index (χ3n) is 5.62. The fourth-order valence-electron chi connectivity index (χ4n) is 3.68. The standard InChI is InChI=1S/C21H33N7.HI/c1-5-28-13-9-12-19(28)14-22-21(23-15-20-26-25-17(3)27(20)4)24-16(2)18-10-7-6-8-11-18;/h6-8,10-11,16,19H,5,9,12-15H2,1-4H3,(H2,22,23,24);1H. The second-order valence-electron chi connectivity index (χ2n) is 7.47. The average Bonchev–Trinajstić information content (AvgIpc) is 3.31. The van der Waals surface area contributed by atoms with E-state index in [-0.39, 0.29) is 30.0 Å². The fraction of sp³-hybridized carbons (Fsp3) is 0.571. The number of guanidine groups is 1. The van der Waals surface area contributed by atoms with Gasteiger partial charge in [-0.15, -0.1) is 34.2 Å². The summed E-state index contributed by atoms with van der Waals surface area (Å²) < 4.78 is 1.98. The smallest absolute Gasteiger partial charge is 0.192 e. The van der Waals surface area contributed by atoms with Crippen LogP contribution >= 0.6 is 24.0 Å². The maximum atomic E-state index is 4.80. The molecule has 0 aliphatic carbocycles. The molecule has 7 nitrogen and oxygen atoms in total. The van der Waals surface area contributed by atoms with Crippen LogP contribution in [0.5, 0.6) is 0 Å². The molecule has 0 bridgehead atoms. The van der Waals surface area contributed by atoms with Gasteiger partial charge in [0, 0.05) is 19.6 Å². The number of aliphatic imine (C=N–C) groups is 1. The molecular formula is C21H34IN7. The van der Waals surface area contributed by atoms with Gasteiger partial charge in [0.25, 0.3) is 0 Å². The zero-order chi connectivity index (χ0) is 19.9. The number of halogens is 1. The molecule has 1 saturated heterocycles. The Morgan fingerprint density at radius 1 is 1.28 bits per heavy atom. The van der Waals surface area contributed by atoms with Crippen molar-refractivity contribution in [2.45, 2.75) is 52.2 Å². The molecule has 0 saturated carbocycles. The molecule has 8 heteroatoms. The third kappa shape index (κ3) is 6.40. The Morgan fingerprint density at radius 2 is 2.03 bits per heavy atom. The van der Waals surface area contributed by atoms with Crippen molar-refractivity contribution in [3.05, 3.63) is 47.5 Å².